The highest BCUT2D eigenvalue weighted by atomic mass is 16.5. The average Bonchev–Trinajstić information content (AvgIpc) is 2.08. The van der Waals surface area contributed by atoms with Gasteiger partial charge in [-0.2, -0.15) is 0 Å². The van der Waals surface area contributed by atoms with Crippen molar-refractivity contribution in [3.05, 3.63) is 0 Å². The summed E-state index contributed by atoms with van der Waals surface area (Å²) in [5.74, 6) is -0.168. The normalized spacial score (nSPS) is 24.3. The van der Waals surface area contributed by atoms with Gasteiger partial charge < -0.3 is 9.64 Å². The van der Waals surface area contributed by atoms with Crippen molar-refractivity contribution in [3.8, 4) is 0 Å². The molecule has 1 saturated heterocycles. The molecule has 0 amide bonds. The van der Waals surface area contributed by atoms with E-state index in [9.17, 15) is 4.79 Å². The van der Waals surface area contributed by atoms with Gasteiger partial charge in [0.2, 0.25) is 0 Å². The van der Waals surface area contributed by atoms with Crippen molar-refractivity contribution in [2.75, 3.05) is 20.2 Å². The van der Waals surface area contributed by atoms with Crippen molar-refractivity contribution >= 4 is 5.97 Å². The summed E-state index contributed by atoms with van der Waals surface area (Å²) in [6, 6.07) is 0.619. The van der Waals surface area contributed by atoms with Gasteiger partial charge in [0.25, 0.3) is 0 Å². The zero-order valence-corrected chi connectivity index (χ0v) is 8.58. The Bertz CT molecular complexity index is 170. The highest BCUT2D eigenvalue weighted by Gasteiger charge is 2.18. The highest BCUT2D eigenvalue weighted by molar-refractivity contribution is 5.65. The van der Waals surface area contributed by atoms with Gasteiger partial charge in [-0.1, -0.05) is 6.42 Å². The minimum absolute atomic E-state index is 0.168. The van der Waals surface area contributed by atoms with Crippen LogP contribution in [0, 0.1) is 0 Å². The molecule has 0 radical (unpaired) electrons. The third-order valence-corrected chi connectivity index (χ3v) is 2.68. The lowest BCUT2D eigenvalue weighted by molar-refractivity contribution is -0.141. The number of esters is 1. The molecule has 3 nitrogen and oxygen atoms in total. The number of rotatable bonds is 3. The van der Waals surface area contributed by atoms with Crippen LogP contribution in [-0.4, -0.2) is 37.1 Å². The summed E-state index contributed by atoms with van der Waals surface area (Å²) in [6.07, 6.45) is 4.85. The molecule has 3 heteroatoms. The van der Waals surface area contributed by atoms with Crippen LogP contribution in [-0.2, 0) is 9.53 Å². The predicted molar refractivity (Wildman–Crippen MR) is 51.5 cm³/mol. The van der Waals surface area contributed by atoms with Gasteiger partial charge in [-0.15, -0.1) is 0 Å². The number of carbonyl (C=O) groups excluding carboxylic acids is 1. The number of nitrogens with zero attached hydrogens (tertiary/aromatic N) is 1. The van der Waals surface area contributed by atoms with Gasteiger partial charge in [0.15, 0.2) is 0 Å². The van der Waals surface area contributed by atoms with Crippen LogP contribution in [0.4, 0.5) is 0 Å². The van der Waals surface area contributed by atoms with Crippen LogP contribution in [0.15, 0.2) is 0 Å². The first-order chi connectivity index (χ1) is 6.20. The summed E-state index contributed by atoms with van der Waals surface area (Å²) in [5.41, 5.74) is 0. The molecule has 1 unspecified atom stereocenters. The Balaban J connectivity index is 2.15. The maximum absolute atomic E-state index is 10.5. The van der Waals surface area contributed by atoms with Crippen LogP contribution in [0.2, 0.25) is 0 Å². The fourth-order valence-electron chi connectivity index (χ4n) is 1.85. The van der Waals surface area contributed by atoms with E-state index in [-0.39, 0.29) is 5.97 Å². The van der Waals surface area contributed by atoms with E-state index in [4.69, 9.17) is 4.74 Å². The third-order valence-electron chi connectivity index (χ3n) is 2.68. The third kappa shape index (κ3) is 3.77. The van der Waals surface area contributed by atoms with E-state index in [1.165, 1.54) is 32.7 Å². The van der Waals surface area contributed by atoms with E-state index in [1.807, 2.05) is 0 Å². The van der Waals surface area contributed by atoms with E-state index in [0.717, 1.165) is 6.42 Å². The van der Waals surface area contributed by atoms with Crippen molar-refractivity contribution in [1.82, 2.24) is 4.90 Å². The van der Waals surface area contributed by atoms with Gasteiger partial charge in [-0.3, -0.25) is 4.79 Å². The van der Waals surface area contributed by atoms with E-state index in [0.29, 0.717) is 12.6 Å². The lowest BCUT2D eigenvalue weighted by Crippen LogP contribution is -2.37. The molecule has 1 atom stereocenters. The molecule has 0 saturated carbocycles. The van der Waals surface area contributed by atoms with Crippen LogP contribution in [0.5, 0.6) is 0 Å². The monoisotopic (exact) mass is 185 g/mol. The molecular formula is C10H19NO2. The molecule has 1 rings (SSSR count). The van der Waals surface area contributed by atoms with Crippen LogP contribution in [0.1, 0.15) is 32.6 Å². The Hall–Kier alpha value is -0.570. The van der Waals surface area contributed by atoms with Crippen molar-refractivity contribution in [1.29, 1.82) is 0 Å². The Morgan fingerprint density at radius 2 is 2.31 bits per heavy atom. The molecule has 1 heterocycles. The van der Waals surface area contributed by atoms with Crippen LogP contribution in [0.3, 0.4) is 0 Å². The largest absolute Gasteiger partial charge is 0.466 e. The van der Waals surface area contributed by atoms with Crippen LogP contribution >= 0.6 is 0 Å². The molecule has 0 aliphatic carbocycles. The molecule has 1 aliphatic rings. The fraction of sp³-hybridized carbons (Fsp3) is 0.900. The standard InChI is InChI=1S/C10H19NO2/c1-9(12)13-8-6-10-5-3-4-7-11(10)2/h10H,3-8H2,1-2H3. The van der Waals surface area contributed by atoms with Gasteiger partial charge in [-0.25, -0.2) is 0 Å². The minimum atomic E-state index is -0.168. The minimum Gasteiger partial charge on any atom is -0.466 e. The zero-order valence-electron chi connectivity index (χ0n) is 8.58. The topological polar surface area (TPSA) is 29.5 Å². The molecule has 0 aromatic heterocycles. The lowest BCUT2D eigenvalue weighted by Gasteiger charge is -2.32. The van der Waals surface area contributed by atoms with E-state index >= 15 is 0 Å². The second-order valence-electron chi connectivity index (χ2n) is 3.76. The summed E-state index contributed by atoms with van der Waals surface area (Å²) in [5, 5.41) is 0. The maximum atomic E-state index is 10.5. The van der Waals surface area contributed by atoms with Gasteiger partial charge in [-0.05, 0) is 32.9 Å². The van der Waals surface area contributed by atoms with E-state index in [1.54, 1.807) is 0 Å². The molecule has 76 valence electrons. The number of hydrogen-bond acceptors (Lipinski definition) is 3. The number of likely N-dealkylation sites (tertiary alicyclic amines) is 1. The van der Waals surface area contributed by atoms with Crippen molar-refractivity contribution in [2.24, 2.45) is 0 Å². The maximum Gasteiger partial charge on any atom is 0.302 e. The quantitative estimate of drug-likeness (QED) is 0.623. The zero-order chi connectivity index (χ0) is 9.68. The number of ether oxygens (including phenoxy) is 1. The van der Waals surface area contributed by atoms with Gasteiger partial charge in [0.05, 0.1) is 6.61 Å². The summed E-state index contributed by atoms with van der Waals surface area (Å²) in [6.45, 7) is 3.22. The average molecular weight is 185 g/mol. The van der Waals surface area contributed by atoms with Gasteiger partial charge in [0.1, 0.15) is 0 Å². The number of carbonyl (C=O) groups is 1. The van der Waals surface area contributed by atoms with Gasteiger partial charge >= 0.3 is 5.97 Å². The molecule has 0 bridgehead atoms. The molecule has 0 aromatic rings. The second kappa shape index (κ2) is 5.22. The number of hydrogen-bond donors (Lipinski definition) is 0. The molecular weight excluding hydrogens is 166 g/mol. The molecule has 0 aromatic carbocycles. The smallest absolute Gasteiger partial charge is 0.302 e. The summed E-state index contributed by atoms with van der Waals surface area (Å²) in [4.78, 5) is 12.9. The first-order valence-electron chi connectivity index (χ1n) is 5.04. The molecule has 1 aliphatic heterocycles. The SMILES string of the molecule is CC(=O)OCCC1CCCCN1C. The van der Waals surface area contributed by atoms with Crippen LogP contribution < -0.4 is 0 Å². The van der Waals surface area contributed by atoms with Crippen molar-refractivity contribution in [3.63, 3.8) is 0 Å². The highest BCUT2D eigenvalue weighted by Crippen LogP contribution is 2.17. The predicted octanol–water partition coefficient (Wildman–Crippen LogP) is 1.42. The van der Waals surface area contributed by atoms with Crippen LogP contribution in [0.25, 0.3) is 0 Å². The van der Waals surface area contributed by atoms with E-state index < -0.39 is 0 Å². The fourth-order valence-corrected chi connectivity index (χ4v) is 1.85. The van der Waals surface area contributed by atoms with Gasteiger partial charge in [0, 0.05) is 13.0 Å². The van der Waals surface area contributed by atoms with Crippen molar-refractivity contribution < 1.29 is 9.53 Å². The Morgan fingerprint density at radius 1 is 1.54 bits per heavy atom. The number of piperidine rings is 1. The Kier molecular flexibility index (Phi) is 4.22. The molecule has 0 N–H and O–H groups in total. The summed E-state index contributed by atoms with van der Waals surface area (Å²) < 4.78 is 4.93. The van der Waals surface area contributed by atoms with E-state index in [2.05, 4.69) is 11.9 Å². The summed E-state index contributed by atoms with van der Waals surface area (Å²) >= 11 is 0. The first-order valence-corrected chi connectivity index (χ1v) is 5.04. The van der Waals surface area contributed by atoms with Crippen molar-refractivity contribution in [2.45, 2.75) is 38.6 Å². The summed E-state index contributed by atoms with van der Waals surface area (Å²) in [7, 11) is 2.15. The second-order valence-corrected chi connectivity index (χ2v) is 3.76. The molecule has 13 heavy (non-hydrogen) atoms. The Labute approximate surface area is 80.1 Å². The molecule has 1 fully saturated rings. The Morgan fingerprint density at radius 3 is 2.92 bits per heavy atom. The first kappa shape index (κ1) is 10.5. The molecule has 0 spiro atoms. The lowest BCUT2D eigenvalue weighted by atomic mass is 10.0.